The number of rotatable bonds is 1. The number of carbonyl (C=O) groups excluding carboxylic acids is 1. The Balaban J connectivity index is 2.56. The maximum Gasteiger partial charge on any atom is 0.127 e. The number of fused-ring (bicyclic) bond motifs is 1. The minimum atomic E-state index is -0.194. The van der Waals surface area contributed by atoms with Crippen molar-refractivity contribution in [1.29, 1.82) is 0 Å². The number of hydrogen-bond acceptors (Lipinski definition) is 1. The van der Waals surface area contributed by atoms with Crippen molar-refractivity contribution in [2.24, 2.45) is 0 Å². The van der Waals surface area contributed by atoms with Crippen LogP contribution in [-0.4, -0.2) is 6.29 Å². The minimum Gasteiger partial charge on any atom is -0.303 e. The van der Waals surface area contributed by atoms with Gasteiger partial charge in [0.2, 0.25) is 0 Å². The van der Waals surface area contributed by atoms with Crippen LogP contribution in [0.5, 0.6) is 0 Å². The van der Waals surface area contributed by atoms with E-state index in [-0.39, 0.29) is 11.7 Å². The Morgan fingerprint density at radius 3 is 3.00 bits per heavy atom. The molecule has 0 amide bonds. The lowest BCUT2D eigenvalue weighted by atomic mass is 9.83. The molecule has 3 heteroatoms. The van der Waals surface area contributed by atoms with Crippen molar-refractivity contribution in [2.45, 2.75) is 25.2 Å². The predicted octanol–water partition coefficient (Wildman–Crippen LogP) is 3.21. The van der Waals surface area contributed by atoms with E-state index in [0.717, 1.165) is 36.7 Å². The summed E-state index contributed by atoms with van der Waals surface area (Å²) in [5, 5.41) is 0. The van der Waals surface area contributed by atoms with Gasteiger partial charge in [-0.2, -0.15) is 0 Å². The Kier molecular flexibility index (Phi) is 2.68. The van der Waals surface area contributed by atoms with Crippen molar-refractivity contribution in [3.05, 3.63) is 33.5 Å². The Morgan fingerprint density at radius 2 is 2.29 bits per heavy atom. The van der Waals surface area contributed by atoms with Crippen LogP contribution in [0.3, 0.4) is 0 Å². The summed E-state index contributed by atoms with van der Waals surface area (Å²) in [7, 11) is 0. The SMILES string of the molecule is O=CC1CCCc2c(F)cc(Br)cc21. The molecular weight excluding hydrogens is 247 g/mol. The van der Waals surface area contributed by atoms with E-state index >= 15 is 0 Å². The quantitative estimate of drug-likeness (QED) is 0.706. The van der Waals surface area contributed by atoms with E-state index in [2.05, 4.69) is 15.9 Å². The molecule has 0 saturated carbocycles. The van der Waals surface area contributed by atoms with Crippen molar-refractivity contribution >= 4 is 22.2 Å². The largest absolute Gasteiger partial charge is 0.303 e. The van der Waals surface area contributed by atoms with E-state index in [1.54, 1.807) is 0 Å². The highest BCUT2D eigenvalue weighted by Gasteiger charge is 2.22. The number of halogens is 2. The lowest BCUT2D eigenvalue weighted by Gasteiger charge is -2.21. The van der Waals surface area contributed by atoms with Crippen LogP contribution in [0, 0.1) is 5.82 Å². The second-order valence-electron chi connectivity index (χ2n) is 3.59. The summed E-state index contributed by atoms with van der Waals surface area (Å²) in [6.07, 6.45) is 3.41. The molecule has 0 radical (unpaired) electrons. The highest BCUT2D eigenvalue weighted by molar-refractivity contribution is 9.10. The van der Waals surface area contributed by atoms with E-state index < -0.39 is 0 Å². The molecule has 1 aliphatic carbocycles. The fourth-order valence-electron chi connectivity index (χ4n) is 2.01. The van der Waals surface area contributed by atoms with Gasteiger partial charge in [0.15, 0.2) is 0 Å². The molecule has 0 saturated heterocycles. The third kappa shape index (κ3) is 1.61. The van der Waals surface area contributed by atoms with Gasteiger partial charge in [-0.05, 0) is 42.5 Å². The van der Waals surface area contributed by atoms with Gasteiger partial charge >= 0.3 is 0 Å². The Labute approximate surface area is 90.4 Å². The van der Waals surface area contributed by atoms with Crippen LogP contribution in [0.1, 0.15) is 29.9 Å². The highest BCUT2D eigenvalue weighted by atomic mass is 79.9. The first-order valence-corrected chi connectivity index (χ1v) is 5.45. The Bertz CT molecular complexity index is 376. The molecule has 2 rings (SSSR count). The molecule has 0 bridgehead atoms. The van der Waals surface area contributed by atoms with Gasteiger partial charge in [0.05, 0.1) is 0 Å². The van der Waals surface area contributed by atoms with E-state index in [0.29, 0.717) is 4.47 Å². The average molecular weight is 257 g/mol. The lowest BCUT2D eigenvalue weighted by molar-refractivity contribution is -0.109. The van der Waals surface area contributed by atoms with Gasteiger partial charge in [-0.3, -0.25) is 0 Å². The van der Waals surface area contributed by atoms with Gasteiger partial charge in [0.25, 0.3) is 0 Å². The van der Waals surface area contributed by atoms with Crippen LogP contribution in [0.25, 0.3) is 0 Å². The molecule has 0 spiro atoms. The molecule has 74 valence electrons. The number of carbonyl (C=O) groups is 1. The van der Waals surface area contributed by atoms with Crippen molar-refractivity contribution in [2.75, 3.05) is 0 Å². The molecule has 0 fully saturated rings. The molecule has 0 aromatic heterocycles. The summed E-state index contributed by atoms with van der Waals surface area (Å²) >= 11 is 3.24. The summed E-state index contributed by atoms with van der Waals surface area (Å²) in [6.45, 7) is 0. The predicted molar refractivity (Wildman–Crippen MR) is 55.8 cm³/mol. The maximum atomic E-state index is 13.5. The molecule has 1 aliphatic rings. The summed E-state index contributed by atoms with van der Waals surface area (Å²) in [4.78, 5) is 10.8. The van der Waals surface area contributed by atoms with Crippen LogP contribution >= 0.6 is 15.9 Å². The monoisotopic (exact) mass is 256 g/mol. The third-order valence-corrected chi connectivity index (χ3v) is 3.16. The number of aldehydes is 1. The van der Waals surface area contributed by atoms with Crippen molar-refractivity contribution in [3.8, 4) is 0 Å². The van der Waals surface area contributed by atoms with Gasteiger partial charge in [-0.15, -0.1) is 0 Å². The van der Waals surface area contributed by atoms with E-state index in [1.165, 1.54) is 6.07 Å². The van der Waals surface area contributed by atoms with Crippen LogP contribution in [0.2, 0.25) is 0 Å². The minimum absolute atomic E-state index is 0.120. The molecular formula is C11H10BrFO. The molecule has 1 aromatic rings. The maximum absolute atomic E-state index is 13.5. The van der Waals surface area contributed by atoms with Crippen LogP contribution in [-0.2, 0) is 11.2 Å². The standard InChI is InChI=1S/C11H10BrFO/c12-8-4-10-7(6-14)2-1-3-9(10)11(13)5-8/h4-7H,1-3H2. The van der Waals surface area contributed by atoms with Crippen molar-refractivity contribution in [3.63, 3.8) is 0 Å². The molecule has 0 heterocycles. The van der Waals surface area contributed by atoms with Crippen LogP contribution in [0.4, 0.5) is 4.39 Å². The van der Waals surface area contributed by atoms with Crippen LogP contribution < -0.4 is 0 Å². The highest BCUT2D eigenvalue weighted by Crippen LogP contribution is 2.33. The molecule has 0 aliphatic heterocycles. The molecule has 1 atom stereocenters. The fourth-order valence-corrected chi connectivity index (χ4v) is 2.46. The first-order valence-electron chi connectivity index (χ1n) is 4.65. The second kappa shape index (κ2) is 3.81. The van der Waals surface area contributed by atoms with Gasteiger partial charge in [0, 0.05) is 10.4 Å². The topological polar surface area (TPSA) is 17.1 Å². The third-order valence-electron chi connectivity index (χ3n) is 2.70. The zero-order valence-electron chi connectivity index (χ0n) is 7.59. The van der Waals surface area contributed by atoms with Gasteiger partial charge < -0.3 is 4.79 Å². The zero-order chi connectivity index (χ0) is 10.1. The first-order chi connectivity index (χ1) is 6.72. The van der Waals surface area contributed by atoms with E-state index in [1.807, 2.05) is 6.07 Å². The Hall–Kier alpha value is -0.700. The number of benzene rings is 1. The van der Waals surface area contributed by atoms with Crippen LogP contribution in [0.15, 0.2) is 16.6 Å². The lowest BCUT2D eigenvalue weighted by Crippen LogP contribution is -2.12. The van der Waals surface area contributed by atoms with Crippen molar-refractivity contribution < 1.29 is 9.18 Å². The fraction of sp³-hybridized carbons (Fsp3) is 0.364. The normalized spacial score (nSPS) is 20.3. The van der Waals surface area contributed by atoms with Gasteiger partial charge in [-0.25, -0.2) is 4.39 Å². The van der Waals surface area contributed by atoms with E-state index in [9.17, 15) is 9.18 Å². The zero-order valence-corrected chi connectivity index (χ0v) is 9.18. The Morgan fingerprint density at radius 1 is 1.50 bits per heavy atom. The summed E-state index contributed by atoms with van der Waals surface area (Å²) in [5.74, 6) is -0.313. The molecule has 1 unspecified atom stereocenters. The summed E-state index contributed by atoms with van der Waals surface area (Å²) < 4.78 is 14.2. The average Bonchev–Trinajstić information content (AvgIpc) is 2.17. The first kappa shape index (κ1) is 9.84. The molecule has 1 aromatic carbocycles. The summed E-state index contributed by atoms with van der Waals surface area (Å²) in [6, 6.07) is 3.32. The molecule has 14 heavy (non-hydrogen) atoms. The second-order valence-corrected chi connectivity index (χ2v) is 4.51. The van der Waals surface area contributed by atoms with Crippen molar-refractivity contribution in [1.82, 2.24) is 0 Å². The molecule has 1 nitrogen and oxygen atoms in total. The van der Waals surface area contributed by atoms with E-state index in [4.69, 9.17) is 0 Å². The number of hydrogen-bond donors (Lipinski definition) is 0. The van der Waals surface area contributed by atoms with Gasteiger partial charge in [0.1, 0.15) is 12.1 Å². The molecule has 0 N–H and O–H groups in total. The van der Waals surface area contributed by atoms with Gasteiger partial charge in [-0.1, -0.05) is 15.9 Å². The summed E-state index contributed by atoms with van der Waals surface area (Å²) in [5.41, 5.74) is 1.58. The smallest absolute Gasteiger partial charge is 0.127 e.